The summed E-state index contributed by atoms with van der Waals surface area (Å²) < 4.78 is 4.93. The Morgan fingerprint density at radius 1 is 1.17 bits per heavy atom. The first-order valence-electron chi connectivity index (χ1n) is 7.41. The minimum Gasteiger partial charge on any atom is -0.452 e. The van der Waals surface area contributed by atoms with Gasteiger partial charge in [-0.1, -0.05) is 48.2 Å². The summed E-state index contributed by atoms with van der Waals surface area (Å²) in [5, 5.41) is 0. The fourth-order valence-corrected chi connectivity index (χ4v) is 2.58. The number of benzene rings is 2. The Morgan fingerprint density at radius 2 is 2.00 bits per heavy atom. The highest BCUT2D eigenvalue weighted by Gasteiger charge is 2.27. The van der Waals surface area contributed by atoms with E-state index in [0.717, 1.165) is 22.4 Å². The van der Waals surface area contributed by atoms with Crippen molar-refractivity contribution in [1.29, 1.82) is 0 Å². The Hall–Kier alpha value is -2.99. The highest BCUT2D eigenvalue weighted by atomic mass is 16.5. The van der Waals surface area contributed by atoms with Crippen LogP contribution < -0.4 is 4.90 Å². The summed E-state index contributed by atoms with van der Waals surface area (Å²) in [6.45, 7) is 2.03. The lowest BCUT2D eigenvalue weighted by molar-refractivity contribution is 0.178. The number of carbonyl (C=O) groups is 1. The molecule has 0 N–H and O–H groups in total. The van der Waals surface area contributed by atoms with Gasteiger partial charge in [0.2, 0.25) is 0 Å². The van der Waals surface area contributed by atoms with E-state index in [-0.39, 0.29) is 6.04 Å². The van der Waals surface area contributed by atoms with E-state index in [1.807, 2.05) is 67.6 Å². The van der Waals surface area contributed by atoms with Crippen LogP contribution in [0.2, 0.25) is 0 Å². The van der Waals surface area contributed by atoms with E-state index in [1.165, 1.54) is 7.11 Å². The van der Waals surface area contributed by atoms with Gasteiger partial charge in [-0.25, -0.2) is 4.79 Å². The Morgan fingerprint density at radius 3 is 2.78 bits per heavy atom. The van der Waals surface area contributed by atoms with E-state index < -0.39 is 6.09 Å². The van der Waals surface area contributed by atoms with Gasteiger partial charge in [0.05, 0.1) is 12.8 Å². The number of methoxy groups -OCH3 is 1. The molecular formula is C20H17NO2. The van der Waals surface area contributed by atoms with Gasteiger partial charge in [0.25, 0.3) is 0 Å². The van der Waals surface area contributed by atoms with Crippen molar-refractivity contribution in [2.45, 2.75) is 13.0 Å². The lowest BCUT2D eigenvalue weighted by atomic mass is 10.0. The van der Waals surface area contributed by atoms with Gasteiger partial charge >= 0.3 is 6.09 Å². The molecule has 1 aliphatic rings. The van der Waals surface area contributed by atoms with E-state index in [0.29, 0.717) is 0 Å². The molecule has 1 aliphatic heterocycles. The highest BCUT2D eigenvalue weighted by molar-refractivity contribution is 5.94. The number of anilines is 1. The molecule has 23 heavy (non-hydrogen) atoms. The maximum atomic E-state index is 12.2. The zero-order valence-corrected chi connectivity index (χ0v) is 13.1. The van der Waals surface area contributed by atoms with Crippen LogP contribution in [0.5, 0.6) is 0 Å². The maximum Gasteiger partial charge on any atom is 0.415 e. The third-order valence-corrected chi connectivity index (χ3v) is 3.69. The first-order valence-corrected chi connectivity index (χ1v) is 7.41. The predicted molar refractivity (Wildman–Crippen MR) is 92.2 cm³/mol. The topological polar surface area (TPSA) is 29.5 Å². The normalized spacial score (nSPS) is 15.4. The lowest BCUT2D eigenvalue weighted by Crippen LogP contribution is -2.40. The van der Waals surface area contributed by atoms with Gasteiger partial charge in [-0.2, -0.15) is 0 Å². The second-order valence-electron chi connectivity index (χ2n) is 5.34. The van der Waals surface area contributed by atoms with Crippen LogP contribution in [-0.4, -0.2) is 19.2 Å². The summed E-state index contributed by atoms with van der Waals surface area (Å²) in [4.78, 5) is 13.8. The molecule has 2 aromatic rings. The molecule has 3 nitrogen and oxygen atoms in total. The molecule has 0 bridgehead atoms. The van der Waals surface area contributed by atoms with Gasteiger partial charge < -0.3 is 4.74 Å². The van der Waals surface area contributed by atoms with Crippen LogP contribution in [0.4, 0.5) is 10.5 Å². The number of para-hydroxylation sites is 1. The zero-order valence-electron chi connectivity index (χ0n) is 13.1. The largest absolute Gasteiger partial charge is 0.452 e. The van der Waals surface area contributed by atoms with Gasteiger partial charge in [0.15, 0.2) is 0 Å². The standard InChI is InChI=1S/C20H17NO2/c1-15-6-5-7-16(14-15)10-12-18-13-11-17-8-3-4-9-19(17)21(18)20(22)23-2/h3-9,11,13-14,18H,1-2H3. The zero-order chi connectivity index (χ0) is 16.2. The summed E-state index contributed by atoms with van der Waals surface area (Å²) in [5.74, 6) is 6.30. The number of fused-ring (bicyclic) bond motifs is 1. The third kappa shape index (κ3) is 3.12. The second kappa shape index (κ2) is 6.41. The van der Waals surface area contributed by atoms with Gasteiger partial charge in [0, 0.05) is 5.56 Å². The first kappa shape index (κ1) is 14.9. The SMILES string of the molecule is COC(=O)N1c2ccccc2C=CC1C#Cc1cccc(C)c1. The molecule has 0 aliphatic carbocycles. The summed E-state index contributed by atoms with van der Waals surface area (Å²) in [6.07, 6.45) is 3.50. The number of amides is 1. The molecule has 0 fully saturated rings. The Balaban J connectivity index is 1.98. The van der Waals surface area contributed by atoms with Crippen molar-refractivity contribution in [3.05, 3.63) is 71.3 Å². The molecule has 0 radical (unpaired) electrons. The Labute approximate surface area is 136 Å². The third-order valence-electron chi connectivity index (χ3n) is 3.69. The number of hydrogen-bond donors (Lipinski definition) is 0. The summed E-state index contributed by atoms with van der Waals surface area (Å²) in [5.41, 5.74) is 3.88. The molecule has 1 atom stereocenters. The lowest BCUT2D eigenvalue weighted by Gasteiger charge is -2.29. The quantitative estimate of drug-likeness (QED) is 0.688. The number of carbonyl (C=O) groups excluding carboxylic acids is 1. The van der Waals surface area contributed by atoms with Crippen molar-refractivity contribution < 1.29 is 9.53 Å². The van der Waals surface area contributed by atoms with E-state index in [2.05, 4.69) is 11.8 Å². The summed E-state index contributed by atoms with van der Waals surface area (Å²) in [7, 11) is 1.38. The number of rotatable bonds is 0. The van der Waals surface area contributed by atoms with Crippen LogP contribution in [0.1, 0.15) is 16.7 Å². The van der Waals surface area contributed by atoms with Crippen molar-refractivity contribution in [3.63, 3.8) is 0 Å². The average Bonchev–Trinajstić information content (AvgIpc) is 2.58. The molecule has 3 rings (SSSR count). The first-order chi connectivity index (χ1) is 11.2. The monoisotopic (exact) mass is 303 g/mol. The smallest absolute Gasteiger partial charge is 0.415 e. The van der Waals surface area contributed by atoms with E-state index in [9.17, 15) is 4.79 Å². The molecule has 1 heterocycles. The number of hydrogen-bond acceptors (Lipinski definition) is 2. The number of nitrogens with zero attached hydrogens (tertiary/aromatic N) is 1. The van der Waals surface area contributed by atoms with E-state index >= 15 is 0 Å². The molecule has 0 saturated heterocycles. The number of ether oxygens (including phenoxy) is 1. The minimum atomic E-state index is -0.412. The van der Waals surface area contributed by atoms with Crippen molar-refractivity contribution in [2.75, 3.05) is 12.0 Å². The van der Waals surface area contributed by atoms with Crippen molar-refractivity contribution in [1.82, 2.24) is 0 Å². The fraction of sp³-hybridized carbons (Fsp3) is 0.150. The van der Waals surface area contributed by atoms with E-state index in [1.54, 1.807) is 4.90 Å². The highest BCUT2D eigenvalue weighted by Crippen LogP contribution is 2.29. The molecule has 3 heteroatoms. The number of aryl methyl sites for hydroxylation is 1. The molecule has 0 saturated carbocycles. The molecular weight excluding hydrogens is 286 g/mol. The van der Waals surface area contributed by atoms with Gasteiger partial charge in [-0.05, 0) is 42.3 Å². The molecule has 0 spiro atoms. The van der Waals surface area contributed by atoms with Gasteiger partial charge in [-0.15, -0.1) is 0 Å². The maximum absolute atomic E-state index is 12.2. The Kier molecular flexibility index (Phi) is 4.16. The molecule has 1 amide bonds. The molecule has 114 valence electrons. The van der Waals surface area contributed by atoms with Gasteiger partial charge in [-0.3, -0.25) is 4.90 Å². The van der Waals surface area contributed by atoms with Crippen LogP contribution in [0.15, 0.2) is 54.6 Å². The molecule has 1 unspecified atom stereocenters. The molecule has 0 aromatic heterocycles. The van der Waals surface area contributed by atoms with Crippen LogP contribution in [0.3, 0.4) is 0 Å². The Bertz CT molecular complexity index is 827. The minimum absolute atomic E-state index is 0.349. The van der Waals surface area contributed by atoms with Crippen LogP contribution in [0.25, 0.3) is 6.08 Å². The van der Waals surface area contributed by atoms with Gasteiger partial charge in [0.1, 0.15) is 6.04 Å². The average molecular weight is 303 g/mol. The van der Waals surface area contributed by atoms with Crippen LogP contribution in [0, 0.1) is 18.8 Å². The van der Waals surface area contributed by atoms with Crippen molar-refractivity contribution in [3.8, 4) is 11.8 Å². The van der Waals surface area contributed by atoms with Crippen LogP contribution >= 0.6 is 0 Å². The summed E-state index contributed by atoms with van der Waals surface area (Å²) in [6, 6.07) is 15.3. The fourth-order valence-electron chi connectivity index (χ4n) is 2.58. The summed E-state index contributed by atoms with van der Waals surface area (Å²) >= 11 is 0. The predicted octanol–water partition coefficient (Wildman–Crippen LogP) is 4.01. The molecule has 2 aromatic carbocycles. The van der Waals surface area contributed by atoms with Crippen molar-refractivity contribution >= 4 is 17.9 Å². The van der Waals surface area contributed by atoms with Crippen molar-refractivity contribution in [2.24, 2.45) is 0 Å². The van der Waals surface area contributed by atoms with Crippen LogP contribution in [-0.2, 0) is 4.74 Å². The van der Waals surface area contributed by atoms with E-state index in [4.69, 9.17) is 4.74 Å². The second-order valence-corrected chi connectivity index (χ2v) is 5.34.